The van der Waals surface area contributed by atoms with Crippen LogP contribution in [-0.4, -0.2) is 104 Å². The number of benzene rings is 1. The number of nitrogens with one attached hydrogen (secondary N) is 4. The number of methoxy groups -OCH3 is 2. The van der Waals surface area contributed by atoms with Gasteiger partial charge in [-0.2, -0.15) is 0 Å². The number of pyridine rings is 1. The van der Waals surface area contributed by atoms with E-state index in [-0.39, 0.29) is 31.2 Å². The Hall–Kier alpha value is -4.93. The first-order chi connectivity index (χ1) is 25.3. The van der Waals surface area contributed by atoms with Crippen LogP contribution in [0.25, 0.3) is 10.8 Å². The first-order valence-corrected chi connectivity index (χ1v) is 19.4. The summed E-state index contributed by atoms with van der Waals surface area (Å²) in [5.74, 6) is -2.85. The number of sulfonamides is 1. The van der Waals surface area contributed by atoms with Gasteiger partial charge in [0, 0.05) is 23.9 Å². The van der Waals surface area contributed by atoms with E-state index in [1.54, 1.807) is 66.1 Å². The summed E-state index contributed by atoms with van der Waals surface area (Å²) in [7, 11) is -1.16. The SMILES string of the molecule is C=C[C@@H]1C[C@]1(NC(=O)[C@@H]1C[C@@H](Oc2nccc3cc(OC)ccc23)CN1C(=O)[C@@H](NC(=O)N[C@H](C(=O)OC)C(C)C)C(C)(C)C)C(=O)NS(=O)(=O)C1CC1. The number of amides is 5. The summed E-state index contributed by atoms with van der Waals surface area (Å²) in [6, 6.07) is 2.95. The Kier molecular flexibility index (Phi) is 11.5. The van der Waals surface area contributed by atoms with E-state index >= 15 is 0 Å². The third kappa shape index (κ3) is 8.55. The first-order valence-electron chi connectivity index (χ1n) is 17.9. The minimum absolute atomic E-state index is 0.0244. The van der Waals surface area contributed by atoms with Gasteiger partial charge in [0.25, 0.3) is 5.91 Å². The van der Waals surface area contributed by atoms with Crippen molar-refractivity contribution in [1.29, 1.82) is 0 Å². The van der Waals surface area contributed by atoms with Gasteiger partial charge in [0.1, 0.15) is 35.5 Å². The Morgan fingerprint density at radius 1 is 1.07 bits per heavy atom. The molecular formula is C37H50N6O10S. The van der Waals surface area contributed by atoms with Gasteiger partial charge in [0.2, 0.25) is 27.7 Å². The zero-order chi connectivity index (χ0) is 39.7. The average molecular weight is 771 g/mol. The lowest BCUT2D eigenvalue weighted by Gasteiger charge is -2.36. The smallest absolute Gasteiger partial charge is 0.328 e. The topological polar surface area (TPSA) is 211 Å². The van der Waals surface area contributed by atoms with Crippen molar-refractivity contribution in [1.82, 2.24) is 30.6 Å². The normalized spacial score (nSPS) is 23.5. The monoisotopic (exact) mass is 770 g/mol. The van der Waals surface area contributed by atoms with Gasteiger partial charge in [0.15, 0.2) is 0 Å². The van der Waals surface area contributed by atoms with Crippen LogP contribution in [0.1, 0.15) is 60.3 Å². The Bertz CT molecular complexity index is 1930. The lowest BCUT2D eigenvalue weighted by atomic mass is 9.85. The van der Waals surface area contributed by atoms with Crippen LogP contribution in [0.3, 0.4) is 0 Å². The average Bonchev–Trinajstić information content (AvgIpc) is 4.05. The van der Waals surface area contributed by atoms with Crippen LogP contribution in [0.15, 0.2) is 43.1 Å². The van der Waals surface area contributed by atoms with Crippen LogP contribution in [0.5, 0.6) is 11.6 Å². The van der Waals surface area contributed by atoms with Gasteiger partial charge < -0.3 is 35.1 Å². The maximum Gasteiger partial charge on any atom is 0.328 e. The quantitative estimate of drug-likeness (QED) is 0.162. The standard InChI is InChI=1S/C37H50N6O10S/c1-9-22-18-37(22,34(47)42-54(49,50)25-11-12-25)41-30(44)27-17-24(53-31-26-13-10-23(51-7)16-21(26)14-15-38-31)19-43(27)32(45)29(36(4,5)6)40-35(48)39-28(20(2)3)33(46)52-8/h9-10,13-16,20,22,24-25,27-29H,1,11-12,17-19H2,2-8H3,(H,41,44)(H,42,47)(H2,39,40,48)/t22-,24-,27+,28+,29-,37-/m1/s1. The number of urea groups is 1. The number of nitrogens with zero attached hydrogens (tertiary/aromatic N) is 2. The molecule has 1 saturated heterocycles. The molecule has 2 aliphatic carbocycles. The summed E-state index contributed by atoms with van der Waals surface area (Å²) >= 11 is 0. The minimum atomic E-state index is -3.93. The maximum absolute atomic E-state index is 14.6. The Labute approximate surface area is 315 Å². The lowest BCUT2D eigenvalue weighted by Crippen LogP contribution is -2.61. The van der Waals surface area contributed by atoms with E-state index in [9.17, 15) is 32.4 Å². The second kappa shape index (κ2) is 15.4. The highest BCUT2D eigenvalue weighted by molar-refractivity contribution is 7.91. The van der Waals surface area contributed by atoms with E-state index in [2.05, 4.69) is 32.2 Å². The number of hydrogen-bond acceptors (Lipinski definition) is 11. The third-order valence-corrected chi connectivity index (χ3v) is 11.9. The zero-order valence-corrected chi connectivity index (χ0v) is 32.4. The molecule has 0 bridgehead atoms. The summed E-state index contributed by atoms with van der Waals surface area (Å²) in [5, 5.41) is 8.84. The minimum Gasteiger partial charge on any atom is -0.497 e. The predicted molar refractivity (Wildman–Crippen MR) is 198 cm³/mol. The van der Waals surface area contributed by atoms with E-state index in [0.717, 1.165) is 5.39 Å². The largest absolute Gasteiger partial charge is 0.497 e. The lowest BCUT2D eigenvalue weighted by molar-refractivity contribution is -0.144. The summed E-state index contributed by atoms with van der Waals surface area (Å²) in [6.45, 7) is 12.3. The van der Waals surface area contributed by atoms with Crippen molar-refractivity contribution in [2.75, 3.05) is 20.8 Å². The van der Waals surface area contributed by atoms with Crippen LogP contribution in [0, 0.1) is 17.3 Å². The van der Waals surface area contributed by atoms with E-state index in [1.807, 2.05) is 6.07 Å². The second-order valence-corrected chi connectivity index (χ2v) is 17.5. The molecule has 0 radical (unpaired) electrons. The van der Waals surface area contributed by atoms with E-state index in [0.29, 0.717) is 24.0 Å². The van der Waals surface area contributed by atoms with Gasteiger partial charge in [-0.05, 0) is 60.2 Å². The number of esters is 1. The first kappa shape index (κ1) is 40.3. The Morgan fingerprint density at radius 3 is 2.35 bits per heavy atom. The molecule has 3 aliphatic rings. The van der Waals surface area contributed by atoms with Gasteiger partial charge >= 0.3 is 12.0 Å². The highest BCUT2D eigenvalue weighted by atomic mass is 32.2. The molecule has 294 valence electrons. The number of hydrogen-bond donors (Lipinski definition) is 4. The van der Waals surface area contributed by atoms with Crippen LogP contribution >= 0.6 is 0 Å². The molecule has 2 heterocycles. The van der Waals surface area contributed by atoms with Crippen molar-refractivity contribution in [2.45, 2.75) is 95.3 Å². The summed E-state index contributed by atoms with van der Waals surface area (Å²) in [4.78, 5) is 73.8. The number of ether oxygens (including phenoxy) is 3. The number of likely N-dealkylation sites (tertiary alicyclic amines) is 1. The molecule has 1 aromatic heterocycles. The Morgan fingerprint density at radius 2 is 1.78 bits per heavy atom. The molecular weight excluding hydrogens is 721 g/mol. The fourth-order valence-corrected chi connectivity index (χ4v) is 8.02. The molecule has 1 aliphatic heterocycles. The van der Waals surface area contributed by atoms with Gasteiger partial charge in [0.05, 0.1) is 26.0 Å². The van der Waals surface area contributed by atoms with E-state index in [4.69, 9.17) is 14.2 Å². The number of carbonyl (C=O) groups excluding carboxylic acids is 5. The van der Waals surface area contributed by atoms with Crippen molar-refractivity contribution in [3.63, 3.8) is 0 Å². The molecule has 1 aromatic carbocycles. The molecule has 2 saturated carbocycles. The summed E-state index contributed by atoms with van der Waals surface area (Å²) in [6.07, 6.45) is 3.24. The van der Waals surface area contributed by atoms with Crippen molar-refractivity contribution >= 4 is 50.5 Å². The predicted octanol–water partition coefficient (Wildman–Crippen LogP) is 2.17. The molecule has 4 N–H and O–H groups in total. The molecule has 16 nitrogen and oxygen atoms in total. The van der Waals surface area contributed by atoms with E-state index < -0.39 is 86.1 Å². The molecule has 5 rings (SSSR count). The number of aromatic nitrogens is 1. The van der Waals surface area contributed by atoms with Crippen molar-refractivity contribution in [2.24, 2.45) is 17.3 Å². The van der Waals surface area contributed by atoms with E-state index in [1.165, 1.54) is 18.1 Å². The highest BCUT2D eigenvalue weighted by Gasteiger charge is 2.62. The Balaban J connectivity index is 1.44. The van der Waals surface area contributed by atoms with Crippen molar-refractivity contribution < 1.29 is 46.6 Å². The van der Waals surface area contributed by atoms with Crippen LogP contribution in [-0.2, 0) is 33.9 Å². The fourth-order valence-electron chi connectivity index (χ4n) is 6.65. The van der Waals surface area contributed by atoms with Gasteiger partial charge in [-0.15, -0.1) is 6.58 Å². The van der Waals surface area contributed by atoms with Gasteiger partial charge in [-0.1, -0.05) is 40.7 Å². The molecule has 17 heteroatoms. The number of rotatable bonds is 14. The molecule has 0 spiro atoms. The van der Waals surface area contributed by atoms with Crippen LogP contribution < -0.4 is 30.1 Å². The third-order valence-electron chi connectivity index (χ3n) is 10.1. The van der Waals surface area contributed by atoms with Crippen molar-refractivity contribution in [3.8, 4) is 11.6 Å². The highest BCUT2D eigenvalue weighted by Crippen LogP contribution is 2.45. The molecule has 0 unspecified atom stereocenters. The maximum atomic E-state index is 14.6. The van der Waals surface area contributed by atoms with Gasteiger partial charge in [-0.25, -0.2) is 23.0 Å². The molecule has 2 aromatic rings. The van der Waals surface area contributed by atoms with Crippen molar-refractivity contribution in [3.05, 3.63) is 43.1 Å². The fraction of sp³-hybridized carbons (Fsp3) is 0.568. The molecule has 5 amide bonds. The summed E-state index contributed by atoms with van der Waals surface area (Å²) < 4.78 is 44.1. The molecule has 6 atom stereocenters. The van der Waals surface area contributed by atoms with Gasteiger partial charge in [-0.3, -0.25) is 19.1 Å². The van der Waals surface area contributed by atoms with Crippen LogP contribution in [0.2, 0.25) is 0 Å². The summed E-state index contributed by atoms with van der Waals surface area (Å²) in [5.41, 5.74) is -2.49. The number of fused-ring (bicyclic) bond motifs is 1. The van der Waals surface area contributed by atoms with Crippen LogP contribution in [0.4, 0.5) is 4.79 Å². The molecule has 54 heavy (non-hydrogen) atoms. The number of carbonyl (C=O) groups is 5. The molecule has 3 fully saturated rings. The zero-order valence-electron chi connectivity index (χ0n) is 31.6. The second-order valence-electron chi connectivity index (χ2n) is 15.5.